The zero-order valence-corrected chi connectivity index (χ0v) is 28.0. The molecule has 2 aliphatic rings. The van der Waals surface area contributed by atoms with Gasteiger partial charge in [0.2, 0.25) is 17.7 Å². The van der Waals surface area contributed by atoms with Gasteiger partial charge in [0, 0.05) is 19.6 Å². The molecule has 47 heavy (non-hydrogen) atoms. The van der Waals surface area contributed by atoms with Gasteiger partial charge in [0.05, 0.1) is 12.1 Å². The minimum absolute atomic E-state index is 0.0645. The summed E-state index contributed by atoms with van der Waals surface area (Å²) in [4.78, 5) is 44.3. The van der Waals surface area contributed by atoms with E-state index in [1.165, 1.54) is 0 Å². The van der Waals surface area contributed by atoms with Crippen LogP contribution >= 0.6 is 12.2 Å². The number of nitrogens with zero attached hydrogens (tertiary/aromatic N) is 1. The Morgan fingerprint density at radius 1 is 0.851 bits per heavy atom. The lowest BCUT2D eigenvalue weighted by molar-refractivity contribution is -0.143. The molecule has 5 atom stereocenters. The van der Waals surface area contributed by atoms with E-state index in [0.29, 0.717) is 30.9 Å². The number of thiocarbonyl (C=S) groups is 1. The smallest absolute Gasteiger partial charge is 0.246 e. The van der Waals surface area contributed by atoms with Gasteiger partial charge in [-0.15, -0.1) is 0 Å². The maximum Gasteiger partial charge on any atom is 0.246 e. The van der Waals surface area contributed by atoms with Crippen LogP contribution in [0.3, 0.4) is 0 Å². The molecule has 5 N–H and O–H groups in total. The van der Waals surface area contributed by atoms with Gasteiger partial charge in [-0.05, 0) is 80.4 Å². The number of carbonyl (C=O) groups is 3. The zero-order valence-electron chi connectivity index (χ0n) is 27.2. The largest absolute Gasteiger partial charge is 0.366 e. The van der Waals surface area contributed by atoms with Crippen LogP contribution in [0.25, 0.3) is 0 Å². The van der Waals surface area contributed by atoms with E-state index in [-0.39, 0.29) is 35.7 Å². The predicted octanol–water partition coefficient (Wildman–Crippen LogP) is 3.46. The fourth-order valence-electron chi connectivity index (χ4n) is 6.96. The predicted molar refractivity (Wildman–Crippen MR) is 188 cm³/mol. The van der Waals surface area contributed by atoms with Gasteiger partial charge in [0.15, 0.2) is 5.11 Å². The summed E-state index contributed by atoms with van der Waals surface area (Å²) in [7, 11) is 3.52. The van der Waals surface area contributed by atoms with Crippen molar-refractivity contribution in [3.8, 4) is 0 Å². The first kappa shape index (κ1) is 34.1. The molecule has 0 aromatic heterocycles. The van der Waals surface area contributed by atoms with Gasteiger partial charge in [0.25, 0.3) is 0 Å². The lowest BCUT2D eigenvalue weighted by Crippen LogP contribution is -2.58. The molecule has 0 saturated carbocycles. The second-order valence-electron chi connectivity index (χ2n) is 12.4. The Labute approximate surface area is 283 Å². The molecule has 0 radical (unpaired) electrons. The quantitative estimate of drug-likeness (QED) is 0.190. The van der Waals surface area contributed by atoms with Crippen LogP contribution in [0.5, 0.6) is 0 Å². The molecule has 2 saturated heterocycles. The first-order valence-electron chi connectivity index (χ1n) is 16.6. The number of carbonyl (C=O) groups excluding carboxylic acids is 3. The average Bonchev–Trinajstić information content (AvgIpc) is 3.50. The highest BCUT2D eigenvalue weighted by molar-refractivity contribution is 7.80. The summed E-state index contributed by atoms with van der Waals surface area (Å²) in [5.41, 5.74) is 2.97. The number of nitrogens with one attached hydrogen (secondary N) is 5. The van der Waals surface area contributed by atoms with Gasteiger partial charge in [-0.2, -0.15) is 0 Å². The van der Waals surface area contributed by atoms with Gasteiger partial charge in [0.1, 0.15) is 12.1 Å². The van der Waals surface area contributed by atoms with Gasteiger partial charge in [-0.3, -0.25) is 14.4 Å². The molecular formula is C37H46N6O3S. The SMILES string of the molecule is CNC(=S)NCC[C@H]1CC[C@H]2CC[C@@H](C(=O)NC(c3ccccc3)c3ccccc3)N2C(=O)[C@H]1NC(=O)[C@@H](Cc1ccccc1)NC. The summed E-state index contributed by atoms with van der Waals surface area (Å²) in [5.74, 6) is -0.723. The van der Waals surface area contributed by atoms with Gasteiger partial charge in [-0.1, -0.05) is 91.0 Å². The summed E-state index contributed by atoms with van der Waals surface area (Å²) in [6.07, 6.45) is 3.97. The second kappa shape index (κ2) is 16.5. The Morgan fingerprint density at radius 2 is 1.45 bits per heavy atom. The van der Waals surface area contributed by atoms with E-state index in [1.807, 2.05) is 91.0 Å². The van der Waals surface area contributed by atoms with E-state index in [9.17, 15) is 14.4 Å². The highest BCUT2D eigenvalue weighted by atomic mass is 32.1. The highest BCUT2D eigenvalue weighted by Gasteiger charge is 2.48. The normalized spacial score (nSPS) is 21.3. The van der Waals surface area contributed by atoms with Crippen LogP contribution in [-0.4, -0.2) is 72.5 Å². The lowest BCUT2D eigenvalue weighted by atomic mass is 9.90. The number of rotatable bonds is 12. The molecule has 0 bridgehead atoms. The topological polar surface area (TPSA) is 115 Å². The molecule has 3 aromatic carbocycles. The van der Waals surface area contributed by atoms with Crippen LogP contribution in [0, 0.1) is 5.92 Å². The van der Waals surface area contributed by atoms with Crippen LogP contribution in [0.4, 0.5) is 0 Å². The Morgan fingerprint density at radius 3 is 2.04 bits per heavy atom. The highest BCUT2D eigenvalue weighted by Crippen LogP contribution is 2.35. The number of benzene rings is 3. The van der Waals surface area contributed by atoms with Crippen molar-refractivity contribution in [1.82, 2.24) is 31.5 Å². The van der Waals surface area contributed by atoms with Crippen molar-refractivity contribution in [2.24, 2.45) is 5.92 Å². The van der Waals surface area contributed by atoms with Crippen LogP contribution in [-0.2, 0) is 20.8 Å². The summed E-state index contributed by atoms with van der Waals surface area (Å²) in [5, 5.41) is 16.2. The molecule has 2 aliphatic heterocycles. The number of likely N-dealkylation sites (N-methyl/N-ethyl adjacent to an activating group) is 1. The summed E-state index contributed by atoms with van der Waals surface area (Å²) in [6.45, 7) is 0.563. The average molecular weight is 655 g/mol. The van der Waals surface area contributed by atoms with E-state index in [2.05, 4.69) is 26.6 Å². The monoisotopic (exact) mass is 654 g/mol. The van der Waals surface area contributed by atoms with Crippen molar-refractivity contribution in [3.63, 3.8) is 0 Å². The van der Waals surface area contributed by atoms with E-state index in [0.717, 1.165) is 36.0 Å². The van der Waals surface area contributed by atoms with Crippen LogP contribution in [0.1, 0.15) is 54.8 Å². The van der Waals surface area contributed by atoms with Crippen LogP contribution in [0.15, 0.2) is 91.0 Å². The Kier molecular flexibility index (Phi) is 12.0. The van der Waals surface area contributed by atoms with Crippen molar-refractivity contribution in [3.05, 3.63) is 108 Å². The maximum absolute atomic E-state index is 14.6. The molecule has 5 rings (SSSR count). The third-order valence-corrected chi connectivity index (χ3v) is 9.84. The first-order chi connectivity index (χ1) is 22.9. The molecule has 3 aromatic rings. The molecular weight excluding hydrogens is 609 g/mol. The number of hydrogen-bond donors (Lipinski definition) is 5. The molecule has 0 spiro atoms. The van der Waals surface area contributed by atoms with E-state index >= 15 is 0 Å². The summed E-state index contributed by atoms with van der Waals surface area (Å²) in [6, 6.07) is 27.3. The third-order valence-electron chi connectivity index (χ3n) is 9.49. The molecule has 9 nitrogen and oxygen atoms in total. The van der Waals surface area contributed by atoms with Crippen molar-refractivity contribution in [1.29, 1.82) is 0 Å². The molecule has 2 heterocycles. The Balaban J connectivity index is 1.38. The number of fused-ring (bicyclic) bond motifs is 1. The Hall–Kier alpha value is -4.28. The van der Waals surface area contributed by atoms with E-state index in [4.69, 9.17) is 12.2 Å². The van der Waals surface area contributed by atoms with Crippen molar-refractivity contribution < 1.29 is 14.4 Å². The second-order valence-corrected chi connectivity index (χ2v) is 12.8. The minimum atomic E-state index is -0.767. The fourth-order valence-corrected chi connectivity index (χ4v) is 7.06. The first-order valence-corrected chi connectivity index (χ1v) is 17.0. The third kappa shape index (κ3) is 8.55. The van der Waals surface area contributed by atoms with Crippen molar-refractivity contribution in [2.75, 3.05) is 20.6 Å². The van der Waals surface area contributed by atoms with E-state index < -0.39 is 18.1 Å². The molecule has 3 amide bonds. The molecule has 10 heteroatoms. The van der Waals surface area contributed by atoms with Gasteiger partial charge >= 0.3 is 0 Å². The minimum Gasteiger partial charge on any atom is -0.366 e. The fraction of sp³-hybridized carbons (Fsp3) is 0.405. The molecule has 248 valence electrons. The number of hydrogen-bond acceptors (Lipinski definition) is 5. The molecule has 0 aliphatic carbocycles. The van der Waals surface area contributed by atoms with Crippen molar-refractivity contribution in [2.45, 2.75) is 68.7 Å². The maximum atomic E-state index is 14.6. The Bertz CT molecular complexity index is 1450. The summed E-state index contributed by atoms with van der Waals surface area (Å²) >= 11 is 5.28. The van der Waals surface area contributed by atoms with Crippen LogP contribution in [0.2, 0.25) is 0 Å². The van der Waals surface area contributed by atoms with Gasteiger partial charge < -0.3 is 31.5 Å². The molecule has 0 unspecified atom stereocenters. The van der Waals surface area contributed by atoms with Crippen LogP contribution < -0.4 is 26.6 Å². The number of amides is 3. The van der Waals surface area contributed by atoms with Gasteiger partial charge in [-0.25, -0.2) is 0 Å². The zero-order chi connectivity index (χ0) is 33.2. The van der Waals surface area contributed by atoms with E-state index in [1.54, 1.807) is 19.0 Å². The molecule has 2 fully saturated rings. The summed E-state index contributed by atoms with van der Waals surface area (Å²) < 4.78 is 0. The lowest BCUT2D eigenvalue weighted by Gasteiger charge is -2.33. The standard InChI is InChI=1S/C37H46N6O3S/c1-38-30(24-25-12-6-3-7-13-25)34(44)42-33-28(22-23-40-37(47)39-2)18-19-29-20-21-31(43(29)36(33)46)35(45)41-32(26-14-8-4-9-15-26)27-16-10-5-11-17-27/h3-17,28-33,38H,18-24H2,1-2H3,(H,41,45)(H,42,44)(H2,39,40,47)/t28-,29+,30-,31+,33+/m1/s1. The van der Waals surface area contributed by atoms with Crippen molar-refractivity contribution >= 4 is 35.1 Å².